The summed E-state index contributed by atoms with van der Waals surface area (Å²) in [6.45, 7) is -0.0501. The number of aromatic hydroxyl groups is 1. The third kappa shape index (κ3) is 1.65. The highest BCUT2D eigenvalue weighted by molar-refractivity contribution is 6.01. The zero-order valence-electron chi connectivity index (χ0n) is 11.4. The van der Waals surface area contributed by atoms with Crippen LogP contribution in [-0.4, -0.2) is 57.5 Å². The molecule has 3 aliphatic rings. The van der Waals surface area contributed by atoms with Gasteiger partial charge in [0.15, 0.2) is 11.5 Å². The van der Waals surface area contributed by atoms with E-state index in [0.29, 0.717) is 11.3 Å². The molecule has 1 fully saturated rings. The highest BCUT2D eigenvalue weighted by atomic mass is 16.7. The molecule has 2 heterocycles. The fourth-order valence-electron chi connectivity index (χ4n) is 3.53. The number of hydrogen-bond acceptors (Lipinski definition) is 7. The highest BCUT2D eigenvalue weighted by Crippen LogP contribution is 2.49. The number of amides is 1. The first-order valence-corrected chi connectivity index (χ1v) is 6.99. The van der Waals surface area contributed by atoms with Gasteiger partial charge in [-0.05, 0) is 18.1 Å². The molecule has 1 aliphatic carbocycles. The molecule has 5 atom stereocenters. The monoisotopic (exact) mass is 309 g/mol. The molecule has 1 amide bonds. The Labute approximate surface area is 124 Å². The van der Waals surface area contributed by atoms with Crippen LogP contribution in [0.25, 0.3) is 0 Å². The number of carbonyl (C=O) groups is 1. The number of rotatable bonds is 0. The van der Waals surface area contributed by atoms with Crippen molar-refractivity contribution < 1.29 is 34.7 Å². The van der Waals surface area contributed by atoms with Crippen LogP contribution >= 0.6 is 0 Å². The standard InChI is InChI=1S/C14H15NO7/c16-6-1-5-4-2-7-13(22-3-21-7)11(18)8(4)14(20)15-9(5)12(19)10(6)17/h2,5-6,9-10,12,16-19H,1,3H2,(H,15,20)/t5-,6?,9-,10-,12+/m1/s1. The second-order valence-corrected chi connectivity index (χ2v) is 5.81. The molecule has 1 unspecified atom stereocenters. The molecule has 0 bridgehead atoms. The van der Waals surface area contributed by atoms with Gasteiger partial charge in [-0.1, -0.05) is 0 Å². The number of phenols is 1. The van der Waals surface area contributed by atoms with E-state index in [4.69, 9.17) is 9.47 Å². The Morgan fingerprint density at radius 2 is 1.95 bits per heavy atom. The van der Waals surface area contributed by atoms with Crippen molar-refractivity contribution in [3.05, 3.63) is 17.2 Å². The Morgan fingerprint density at radius 3 is 2.73 bits per heavy atom. The summed E-state index contributed by atoms with van der Waals surface area (Å²) >= 11 is 0. The first kappa shape index (κ1) is 13.6. The lowest BCUT2D eigenvalue weighted by molar-refractivity contribution is -0.104. The molecule has 2 aliphatic heterocycles. The first-order chi connectivity index (χ1) is 10.5. The molecule has 1 saturated carbocycles. The largest absolute Gasteiger partial charge is 0.504 e. The van der Waals surface area contributed by atoms with E-state index in [1.54, 1.807) is 6.07 Å². The number of aliphatic hydroxyl groups excluding tert-OH is 3. The molecular weight excluding hydrogens is 294 g/mol. The van der Waals surface area contributed by atoms with Crippen LogP contribution < -0.4 is 14.8 Å². The minimum absolute atomic E-state index is 0.0501. The Bertz CT molecular complexity index is 661. The molecule has 8 heteroatoms. The molecular formula is C14H15NO7. The maximum absolute atomic E-state index is 12.3. The Morgan fingerprint density at radius 1 is 1.18 bits per heavy atom. The van der Waals surface area contributed by atoms with Crippen LogP contribution in [0.2, 0.25) is 0 Å². The molecule has 4 rings (SSSR count). The van der Waals surface area contributed by atoms with Gasteiger partial charge in [0.1, 0.15) is 12.2 Å². The Hall–Kier alpha value is -2.03. The first-order valence-electron chi connectivity index (χ1n) is 6.99. The van der Waals surface area contributed by atoms with Gasteiger partial charge in [-0.3, -0.25) is 4.79 Å². The summed E-state index contributed by atoms with van der Waals surface area (Å²) in [6.07, 6.45) is -3.59. The summed E-state index contributed by atoms with van der Waals surface area (Å²) in [4.78, 5) is 12.3. The van der Waals surface area contributed by atoms with E-state index in [2.05, 4.69) is 5.32 Å². The third-order valence-corrected chi connectivity index (χ3v) is 4.63. The van der Waals surface area contributed by atoms with Crippen LogP contribution in [0.15, 0.2) is 6.07 Å². The van der Waals surface area contributed by atoms with Crippen molar-refractivity contribution in [2.75, 3.05) is 6.79 Å². The van der Waals surface area contributed by atoms with E-state index in [9.17, 15) is 25.2 Å². The van der Waals surface area contributed by atoms with Gasteiger partial charge in [0.05, 0.1) is 17.7 Å². The van der Waals surface area contributed by atoms with E-state index in [0.717, 1.165) is 0 Å². The van der Waals surface area contributed by atoms with E-state index in [1.165, 1.54) is 0 Å². The SMILES string of the molecule is O=C1N[C@H]2[C@H](O)[C@H](O)C(O)C[C@@H]2c2cc3c(c(O)c21)OCO3. The van der Waals surface area contributed by atoms with Crippen LogP contribution in [0.1, 0.15) is 28.3 Å². The number of phenolic OH excluding ortho intramolecular Hbond substituents is 1. The van der Waals surface area contributed by atoms with E-state index in [-0.39, 0.29) is 30.3 Å². The van der Waals surface area contributed by atoms with Crippen LogP contribution in [0, 0.1) is 0 Å². The Balaban J connectivity index is 1.87. The summed E-state index contributed by atoms with van der Waals surface area (Å²) < 4.78 is 10.4. The molecule has 22 heavy (non-hydrogen) atoms. The number of carbonyl (C=O) groups excluding carboxylic acids is 1. The maximum atomic E-state index is 12.3. The fourth-order valence-corrected chi connectivity index (χ4v) is 3.53. The molecule has 0 saturated heterocycles. The predicted molar refractivity (Wildman–Crippen MR) is 70.9 cm³/mol. The minimum Gasteiger partial charge on any atom is -0.504 e. The van der Waals surface area contributed by atoms with Crippen LogP contribution in [0.3, 0.4) is 0 Å². The number of ether oxygens (including phenoxy) is 2. The lowest BCUT2D eigenvalue weighted by atomic mass is 9.72. The lowest BCUT2D eigenvalue weighted by Crippen LogP contribution is -2.61. The molecule has 1 aromatic rings. The van der Waals surface area contributed by atoms with Gasteiger partial charge in [-0.25, -0.2) is 0 Å². The van der Waals surface area contributed by atoms with Crippen LogP contribution in [0.4, 0.5) is 0 Å². The number of fused-ring (bicyclic) bond motifs is 4. The quantitative estimate of drug-likeness (QED) is 0.407. The summed E-state index contributed by atoms with van der Waals surface area (Å²) in [7, 11) is 0. The number of benzene rings is 1. The van der Waals surface area contributed by atoms with Crippen molar-refractivity contribution in [1.82, 2.24) is 5.32 Å². The van der Waals surface area contributed by atoms with E-state index >= 15 is 0 Å². The van der Waals surface area contributed by atoms with Crippen molar-refractivity contribution in [1.29, 1.82) is 0 Å². The third-order valence-electron chi connectivity index (χ3n) is 4.63. The van der Waals surface area contributed by atoms with Gasteiger partial charge >= 0.3 is 0 Å². The summed E-state index contributed by atoms with van der Waals surface area (Å²) in [5.74, 6) is -0.878. The summed E-state index contributed by atoms with van der Waals surface area (Å²) in [5, 5.41) is 42.6. The topological polar surface area (TPSA) is 128 Å². The van der Waals surface area contributed by atoms with Gasteiger partial charge in [0.25, 0.3) is 5.91 Å². The van der Waals surface area contributed by atoms with Gasteiger partial charge in [0.2, 0.25) is 12.5 Å². The molecule has 0 aromatic heterocycles. The second kappa shape index (κ2) is 4.48. The van der Waals surface area contributed by atoms with Gasteiger partial charge in [-0.2, -0.15) is 0 Å². The lowest BCUT2D eigenvalue weighted by Gasteiger charge is -2.44. The molecule has 1 aromatic carbocycles. The van der Waals surface area contributed by atoms with E-state index in [1.807, 2.05) is 0 Å². The number of hydrogen-bond donors (Lipinski definition) is 5. The zero-order valence-corrected chi connectivity index (χ0v) is 11.4. The van der Waals surface area contributed by atoms with Crippen molar-refractivity contribution in [3.63, 3.8) is 0 Å². The number of nitrogens with one attached hydrogen (secondary N) is 1. The summed E-state index contributed by atoms with van der Waals surface area (Å²) in [6, 6.07) is 0.850. The fraction of sp³-hybridized carbons (Fsp3) is 0.500. The average Bonchev–Trinajstić information content (AvgIpc) is 2.95. The van der Waals surface area contributed by atoms with Gasteiger partial charge in [-0.15, -0.1) is 0 Å². The predicted octanol–water partition coefficient (Wildman–Crippen LogP) is -1.20. The normalized spacial score (nSPS) is 35.6. The molecule has 5 N–H and O–H groups in total. The van der Waals surface area contributed by atoms with Crippen LogP contribution in [0.5, 0.6) is 17.2 Å². The Kier molecular flexibility index (Phi) is 2.77. The highest BCUT2D eigenvalue weighted by Gasteiger charge is 2.49. The minimum atomic E-state index is -1.33. The van der Waals surface area contributed by atoms with Crippen molar-refractivity contribution in [3.8, 4) is 17.2 Å². The number of aliphatic hydroxyl groups is 3. The van der Waals surface area contributed by atoms with E-state index < -0.39 is 36.2 Å². The zero-order chi connectivity index (χ0) is 15.6. The van der Waals surface area contributed by atoms with Crippen LogP contribution in [-0.2, 0) is 0 Å². The van der Waals surface area contributed by atoms with Crippen molar-refractivity contribution in [2.45, 2.75) is 36.7 Å². The van der Waals surface area contributed by atoms with Gasteiger partial charge < -0.3 is 35.2 Å². The smallest absolute Gasteiger partial charge is 0.255 e. The molecule has 118 valence electrons. The van der Waals surface area contributed by atoms with Crippen molar-refractivity contribution in [2.24, 2.45) is 0 Å². The van der Waals surface area contributed by atoms with Gasteiger partial charge in [0, 0.05) is 5.92 Å². The molecule has 0 radical (unpaired) electrons. The second-order valence-electron chi connectivity index (χ2n) is 5.81. The van der Waals surface area contributed by atoms with Crippen molar-refractivity contribution >= 4 is 5.91 Å². The molecule has 0 spiro atoms. The maximum Gasteiger partial charge on any atom is 0.255 e. The summed E-state index contributed by atoms with van der Waals surface area (Å²) in [5.41, 5.74) is 0.529. The average molecular weight is 309 g/mol. The molecule has 8 nitrogen and oxygen atoms in total.